The molecule has 0 aliphatic rings. The van der Waals surface area contributed by atoms with Crippen molar-refractivity contribution >= 4 is 49.1 Å². The first-order chi connectivity index (χ1) is 12.1. The van der Waals surface area contributed by atoms with E-state index in [9.17, 15) is 4.79 Å². The summed E-state index contributed by atoms with van der Waals surface area (Å²) in [5, 5.41) is 13.4. The van der Waals surface area contributed by atoms with Gasteiger partial charge in [0.15, 0.2) is 5.01 Å². The van der Waals surface area contributed by atoms with Crippen molar-refractivity contribution in [3.8, 4) is 10.6 Å². The average molecular weight is 414 g/mol. The van der Waals surface area contributed by atoms with Crippen LogP contribution < -0.4 is 10.9 Å². The predicted octanol–water partition coefficient (Wildman–Crippen LogP) is 5.13. The lowest BCUT2D eigenvalue weighted by atomic mass is 10.2. The lowest BCUT2D eigenvalue weighted by Gasteiger charge is -2.01. The second-order valence-electron chi connectivity index (χ2n) is 5.53. The van der Waals surface area contributed by atoms with Crippen LogP contribution in [-0.2, 0) is 0 Å². The van der Waals surface area contributed by atoms with Gasteiger partial charge in [0, 0.05) is 15.5 Å². The van der Waals surface area contributed by atoms with E-state index < -0.39 is 5.63 Å². The summed E-state index contributed by atoms with van der Waals surface area (Å²) >= 11 is 4.73. The summed E-state index contributed by atoms with van der Waals surface area (Å²) in [7, 11) is 0. The molecule has 0 unspecified atom stereocenters. The largest absolute Gasteiger partial charge is 0.422 e. The number of fused-ring (bicyclic) bond motifs is 1. The van der Waals surface area contributed by atoms with E-state index in [-0.39, 0.29) is 0 Å². The van der Waals surface area contributed by atoms with Crippen LogP contribution in [0, 0.1) is 6.92 Å². The fourth-order valence-electron chi connectivity index (χ4n) is 2.39. The van der Waals surface area contributed by atoms with Gasteiger partial charge in [0.2, 0.25) is 5.13 Å². The number of rotatable bonds is 3. The summed E-state index contributed by atoms with van der Waals surface area (Å²) in [6, 6.07) is 15.2. The molecule has 0 saturated carbocycles. The summed E-state index contributed by atoms with van der Waals surface area (Å²) in [5.74, 6) is 0. The molecule has 4 aromatic rings. The number of hydrogen-bond acceptors (Lipinski definition) is 6. The third-order valence-corrected chi connectivity index (χ3v) is 5.02. The van der Waals surface area contributed by atoms with E-state index in [0.717, 1.165) is 15.5 Å². The van der Waals surface area contributed by atoms with Crippen LogP contribution in [0.25, 0.3) is 21.5 Å². The second-order valence-corrected chi connectivity index (χ2v) is 7.43. The molecule has 1 N–H and O–H groups in total. The fraction of sp³-hybridized carbons (Fsp3) is 0.0556. The highest BCUT2D eigenvalue weighted by Crippen LogP contribution is 2.29. The van der Waals surface area contributed by atoms with E-state index in [2.05, 4.69) is 31.4 Å². The van der Waals surface area contributed by atoms with Crippen molar-refractivity contribution in [2.45, 2.75) is 6.92 Å². The Balaban J connectivity index is 1.69. The highest BCUT2D eigenvalue weighted by atomic mass is 79.9. The van der Waals surface area contributed by atoms with Gasteiger partial charge in [-0.15, -0.1) is 10.2 Å². The molecule has 0 amide bonds. The lowest BCUT2D eigenvalue weighted by Crippen LogP contribution is -2.02. The smallest absolute Gasteiger partial charge is 0.346 e. The van der Waals surface area contributed by atoms with E-state index in [1.54, 1.807) is 12.1 Å². The van der Waals surface area contributed by atoms with E-state index >= 15 is 0 Å². The molecule has 0 aliphatic heterocycles. The van der Waals surface area contributed by atoms with Crippen molar-refractivity contribution in [2.24, 2.45) is 0 Å². The molecule has 0 spiro atoms. The standard InChI is InChI=1S/C18H12BrN3O2S/c1-10-2-5-13(6-3-10)20-18-22-21-16(25-18)14-9-11-8-12(19)4-7-15(11)24-17(14)23/h2-9H,1H3,(H,20,22). The number of aryl methyl sites for hydroxylation is 1. The molecule has 2 aromatic heterocycles. The monoisotopic (exact) mass is 413 g/mol. The summed E-state index contributed by atoms with van der Waals surface area (Å²) in [6.07, 6.45) is 0. The average Bonchev–Trinajstić information content (AvgIpc) is 3.05. The molecule has 0 saturated heterocycles. The number of halogens is 1. The van der Waals surface area contributed by atoms with Crippen LogP contribution in [0.5, 0.6) is 0 Å². The Labute approximate surface area is 155 Å². The molecule has 0 bridgehead atoms. The Bertz CT molecular complexity index is 1120. The normalized spacial score (nSPS) is 11.0. The van der Waals surface area contributed by atoms with E-state index in [1.165, 1.54) is 16.9 Å². The number of hydrogen-bond donors (Lipinski definition) is 1. The van der Waals surface area contributed by atoms with E-state index in [4.69, 9.17) is 4.42 Å². The number of benzene rings is 2. The number of anilines is 2. The quantitative estimate of drug-likeness (QED) is 0.471. The van der Waals surface area contributed by atoms with Crippen LogP contribution in [-0.4, -0.2) is 10.2 Å². The zero-order valence-corrected chi connectivity index (χ0v) is 15.5. The van der Waals surface area contributed by atoms with Gasteiger partial charge in [-0.25, -0.2) is 4.79 Å². The molecule has 124 valence electrons. The maximum Gasteiger partial charge on any atom is 0.346 e. The fourth-order valence-corrected chi connectivity index (χ4v) is 3.53. The third-order valence-electron chi connectivity index (χ3n) is 3.65. The minimum absolute atomic E-state index is 0.403. The maximum absolute atomic E-state index is 12.3. The minimum Gasteiger partial charge on any atom is -0.422 e. The Hall–Kier alpha value is -2.51. The number of nitrogens with one attached hydrogen (secondary N) is 1. The van der Waals surface area contributed by atoms with Crippen LogP contribution in [0.3, 0.4) is 0 Å². The molecule has 4 rings (SSSR count). The third kappa shape index (κ3) is 3.33. The van der Waals surface area contributed by atoms with Gasteiger partial charge in [-0.2, -0.15) is 0 Å². The SMILES string of the molecule is Cc1ccc(Nc2nnc(-c3cc4cc(Br)ccc4oc3=O)s2)cc1. The molecule has 5 nitrogen and oxygen atoms in total. The van der Waals surface area contributed by atoms with Gasteiger partial charge in [-0.3, -0.25) is 0 Å². The summed E-state index contributed by atoms with van der Waals surface area (Å²) < 4.78 is 6.30. The molecule has 0 atom stereocenters. The van der Waals surface area contributed by atoms with Gasteiger partial charge in [0.05, 0.1) is 5.56 Å². The maximum atomic E-state index is 12.3. The molecule has 0 radical (unpaired) electrons. The summed E-state index contributed by atoms with van der Waals surface area (Å²) in [4.78, 5) is 12.3. The predicted molar refractivity (Wildman–Crippen MR) is 104 cm³/mol. The number of aromatic nitrogens is 2. The van der Waals surface area contributed by atoms with Crippen molar-refractivity contribution in [3.05, 3.63) is 69.0 Å². The first-order valence-electron chi connectivity index (χ1n) is 7.49. The highest BCUT2D eigenvalue weighted by molar-refractivity contribution is 9.10. The summed E-state index contributed by atoms with van der Waals surface area (Å²) in [6.45, 7) is 2.03. The Kier molecular flexibility index (Phi) is 4.10. The van der Waals surface area contributed by atoms with Gasteiger partial charge in [-0.05, 0) is 43.3 Å². The molecule has 0 aliphatic carbocycles. The Morgan fingerprint density at radius 1 is 1.08 bits per heavy atom. The summed E-state index contributed by atoms with van der Waals surface area (Å²) in [5.41, 5.74) is 2.62. The lowest BCUT2D eigenvalue weighted by molar-refractivity contribution is 0.563. The molecule has 2 aromatic carbocycles. The zero-order valence-electron chi connectivity index (χ0n) is 13.1. The molecule has 0 fully saturated rings. The zero-order chi connectivity index (χ0) is 17.4. The van der Waals surface area contributed by atoms with Gasteiger partial charge in [0.1, 0.15) is 5.58 Å². The van der Waals surface area contributed by atoms with Gasteiger partial charge in [-0.1, -0.05) is 45.0 Å². The van der Waals surface area contributed by atoms with E-state index in [0.29, 0.717) is 21.3 Å². The Morgan fingerprint density at radius 2 is 1.88 bits per heavy atom. The van der Waals surface area contributed by atoms with Crippen molar-refractivity contribution in [1.29, 1.82) is 0 Å². The van der Waals surface area contributed by atoms with Crippen LogP contribution in [0.15, 0.2) is 62.2 Å². The van der Waals surface area contributed by atoms with Gasteiger partial charge < -0.3 is 9.73 Å². The molecule has 7 heteroatoms. The van der Waals surface area contributed by atoms with Crippen LogP contribution in [0.2, 0.25) is 0 Å². The number of nitrogens with zero attached hydrogens (tertiary/aromatic N) is 2. The van der Waals surface area contributed by atoms with Crippen molar-refractivity contribution in [3.63, 3.8) is 0 Å². The van der Waals surface area contributed by atoms with Crippen LogP contribution >= 0.6 is 27.3 Å². The van der Waals surface area contributed by atoms with Crippen LogP contribution in [0.4, 0.5) is 10.8 Å². The van der Waals surface area contributed by atoms with Crippen molar-refractivity contribution in [1.82, 2.24) is 10.2 Å². The van der Waals surface area contributed by atoms with Crippen LogP contribution in [0.1, 0.15) is 5.56 Å². The van der Waals surface area contributed by atoms with Crippen molar-refractivity contribution < 1.29 is 4.42 Å². The second kappa shape index (κ2) is 6.42. The highest BCUT2D eigenvalue weighted by Gasteiger charge is 2.13. The first-order valence-corrected chi connectivity index (χ1v) is 9.10. The van der Waals surface area contributed by atoms with E-state index in [1.807, 2.05) is 43.3 Å². The van der Waals surface area contributed by atoms with Crippen molar-refractivity contribution in [2.75, 3.05) is 5.32 Å². The molecular formula is C18H12BrN3O2S. The van der Waals surface area contributed by atoms with Gasteiger partial charge >= 0.3 is 5.63 Å². The molecule has 2 heterocycles. The topological polar surface area (TPSA) is 68.0 Å². The molecular weight excluding hydrogens is 402 g/mol. The Morgan fingerprint density at radius 3 is 2.68 bits per heavy atom. The molecule has 25 heavy (non-hydrogen) atoms. The first kappa shape index (κ1) is 16.0. The minimum atomic E-state index is -0.423. The van der Waals surface area contributed by atoms with Gasteiger partial charge in [0.25, 0.3) is 0 Å².